The van der Waals surface area contributed by atoms with Gasteiger partial charge in [-0.2, -0.15) is 0 Å². The molecule has 0 spiro atoms. The number of nitrogens with zero attached hydrogens (tertiary/aromatic N) is 4. The largest absolute Gasteiger partial charge is 0.508 e. The first-order valence-corrected chi connectivity index (χ1v) is 15.3. The SMILES string of the molecule is C#Cc1c(F)ccc2cc(O)cc(-c3ncc4c(N5C[C@H]6CC[C@@H](C5)N6)cc(OC[C@@]56CCCN5C[C@H](F)C6)nc4c3F)c12. The molecule has 0 radical (unpaired) electrons. The van der Waals surface area contributed by atoms with Gasteiger partial charge < -0.3 is 20.1 Å². The number of aromatic hydroxyl groups is 1. The van der Waals surface area contributed by atoms with Crippen LogP contribution in [0.15, 0.2) is 36.5 Å². The van der Waals surface area contributed by atoms with Crippen molar-refractivity contribution < 1.29 is 23.0 Å². The summed E-state index contributed by atoms with van der Waals surface area (Å²) in [6.07, 6.45) is 10.8. The van der Waals surface area contributed by atoms with E-state index in [1.807, 2.05) is 6.07 Å². The Labute approximate surface area is 253 Å². The second kappa shape index (κ2) is 10.2. The quantitative estimate of drug-likeness (QED) is 0.301. The lowest BCUT2D eigenvalue weighted by Crippen LogP contribution is -2.51. The Morgan fingerprint density at radius 2 is 1.95 bits per heavy atom. The minimum absolute atomic E-state index is 0.0380. The van der Waals surface area contributed by atoms with Gasteiger partial charge in [-0.15, -0.1) is 6.42 Å². The lowest BCUT2D eigenvalue weighted by molar-refractivity contribution is 0.111. The second-order valence-electron chi connectivity index (χ2n) is 12.7. The van der Waals surface area contributed by atoms with E-state index in [1.54, 1.807) is 6.20 Å². The topological polar surface area (TPSA) is 73.8 Å². The van der Waals surface area contributed by atoms with Crippen molar-refractivity contribution in [3.63, 3.8) is 0 Å². The number of hydrogen-bond donors (Lipinski definition) is 2. The van der Waals surface area contributed by atoms with Gasteiger partial charge in [-0.25, -0.2) is 18.2 Å². The number of alkyl halides is 1. The van der Waals surface area contributed by atoms with Crippen LogP contribution in [-0.2, 0) is 0 Å². The molecule has 0 unspecified atom stereocenters. The minimum Gasteiger partial charge on any atom is -0.508 e. The molecule has 6 heterocycles. The van der Waals surface area contributed by atoms with Gasteiger partial charge in [-0.05, 0) is 55.8 Å². The Kier molecular flexibility index (Phi) is 6.40. The molecule has 2 aromatic heterocycles. The average molecular weight is 600 g/mol. The molecule has 8 rings (SSSR count). The van der Waals surface area contributed by atoms with Crippen LogP contribution in [0.3, 0.4) is 0 Å². The van der Waals surface area contributed by atoms with Crippen LogP contribution in [0.4, 0.5) is 18.9 Å². The van der Waals surface area contributed by atoms with E-state index in [-0.39, 0.29) is 51.5 Å². The fourth-order valence-corrected chi connectivity index (χ4v) is 8.04. The zero-order valence-electron chi connectivity index (χ0n) is 24.1. The maximum Gasteiger partial charge on any atom is 0.216 e. The highest BCUT2D eigenvalue weighted by molar-refractivity contribution is 6.03. The number of halogens is 3. The number of pyridine rings is 2. The lowest BCUT2D eigenvalue weighted by atomic mass is 9.95. The zero-order chi connectivity index (χ0) is 30.2. The summed E-state index contributed by atoms with van der Waals surface area (Å²) in [7, 11) is 0. The van der Waals surface area contributed by atoms with E-state index in [0.29, 0.717) is 35.8 Å². The predicted octanol–water partition coefficient (Wildman–Crippen LogP) is 5.31. The number of phenolic OH excluding ortho intramolecular Hbond substituents is 1. The summed E-state index contributed by atoms with van der Waals surface area (Å²) in [5, 5.41) is 15.4. The van der Waals surface area contributed by atoms with Gasteiger partial charge in [-0.3, -0.25) is 9.88 Å². The maximum atomic E-state index is 16.8. The Morgan fingerprint density at radius 1 is 1.14 bits per heavy atom. The zero-order valence-corrected chi connectivity index (χ0v) is 24.1. The van der Waals surface area contributed by atoms with Crippen LogP contribution >= 0.6 is 0 Å². The normalized spacial score (nSPS) is 26.4. The third-order valence-electron chi connectivity index (χ3n) is 10.0. The fraction of sp³-hybridized carbons (Fsp3) is 0.412. The summed E-state index contributed by atoms with van der Waals surface area (Å²) in [4.78, 5) is 13.6. The summed E-state index contributed by atoms with van der Waals surface area (Å²) >= 11 is 0. The van der Waals surface area contributed by atoms with Gasteiger partial charge >= 0.3 is 0 Å². The first-order chi connectivity index (χ1) is 21.3. The summed E-state index contributed by atoms with van der Waals surface area (Å²) < 4.78 is 52.3. The van der Waals surface area contributed by atoms with Crippen LogP contribution in [0.25, 0.3) is 32.9 Å². The van der Waals surface area contributed by atoms with Crippen LogP contribution in [0.5, 0.6) is 11.6 Å². The highest BCUT2D eigenvalue weighted by Crippen LogP contribution is 2.42. The molecule has 2 bridgehead atoms. The third-order valence-corrected chi connectivity index (χ3v) is 10.0. The monoisotopic (exact) mass is 599 g/mol. The van der Waals surface area contributed by atoms with E-state index < -0.39 is 17.8 Å². The van der Waals surface area contributed by atoms with Crippen molar-refractivity contribution in [3.05, 3.63) is 53.7 Å². The van der Waals surface area contributed by atoms with E-state index in [9.17, 15) is 13.9 Å². The number of benzene rings is 2. The van der Waals surface area contributed by atoms with E-state index in [1.165, 1.54) is 24.3 Å². The number of rotatable bonds is 5. The highest BCUT2D eigenvalue weighted by Gasteiger charge is 2.49. The van der Waals surface area contributed by atoms with Crippen LogP contribution in [-0.4, -0.2) is 76.6 Å². The van der Waals surface area contributed by atoms with Gasteiger partial charge in [0.05, 0.1) is 16.8 Å². The third kappa shape index (κ3) is 4.36. The molecule has 10 heteroatoms. The molecule has 0 saturated carbocycles. The number of aromatic nitrogens is 2. The van der Waals surface area contributed by atoms with Crippen molar-refractivity contribution in [2.24, 2.45) is 0 Å². The number of piperazine rings is 1. The number of ether oxygens (including phenoxy) is 1. The summed E-state index contributed by atoms with van der Waals surface area (Å²) in [5.74, 6) is 1.16. The van der Waals surface area contributed by atoms with Crippen LogP contribution in [0, 0.1) is 24.0 Å². The number of hydrogen-bond acceptors (Lipinski definition) is 7. The van der Waals surface area contributed by atoms with Gasteiger partial charge in [-0.1, -0.05) is 12.0 Å². The first kappa shape index (κ1) is 27.5. The van der Waals surface area contributed by atoms with Crippen LogP contribution < -0.4 is 15.0 Å². The molecule has 226 valence electrons. The first-order valence-electron chi connectivity index (χ1n) is 15.3. The van der Waals surface area contributed by atoms with Gasteiger partial charge in [0.25, 0.3) is 0 Å². The molecule has 44 heavy (non-hydrogen) atoms. The Bertz CT molecular complexity index is 1850. The van der Waals surface area contributed by atoms with E-state index >= 15 is 4.39 Å². The van der Waals surface area contributed by atoms with Crippen molar-refractivity contribution in [3.8, 4) is 35.2 Å². The summed E-state index contributed by atoms with van der Waals surface area (Å²) in [6, 6.07) is 8.03. The number of anilines is 1. The number of terminal acetylenes is 1. The molecule has 4 fully saturated rings. The van der Waals surface area contributed by atoms with Crippen LogP contribution in [0.2, 0.25) is 0 Å². The van der Waals surface area contributed by atoms with Gasteiger partial charge in [0.15, 0.2) is 5.82 Å². The highest BCUT2D eigenvalue weighted by atomic mass is 19.1. The van der Waals surface area contributed by atoms with E-state index in [0.717, 1.165) is 51.0 Å². The van der Waals surface area contributed by atoms with Gasteiger partial charge in [0, 0.05) is 66.7 Å². The van der Waals surface area contributed by atoms with Gasteiger partial charge in [0.2, 0.25) is 5.88 Å². The van der Waals surface area contributed by atoms with Crippen molar-refractivity contribution >= 4 is 27.4 Å². The predicted molar refractivity (Wildman–Crippen MR) is 163 cm³/mol. The molecular weight excluding hydrogens is 567 g/mol. The molecule has 0 amide bonds. The molecule has 2 aromatic carbocycles. The second-order valence-corrected chi connectivity index (χ2v) is 12.7. The Balaban J connectivity index is 1.28. The smallest absolute Gasteiger partial charge is 0.216 e. The number of phenols is 1. The molecule has 7 nitrogen and oxygen atoms in total. The molecule has 4 atom stereocenters. The molecular formula is C34H32F3N5O2. The minimum atomic E-state index is -0.892. The summed E-state index contributed by atoms with van der Waals surface area (Å²) in [5.41, 5.74) is 0.467. The standard InChI is InChI=1S/C34H32F3N5O2/c1-2-24-27(36)7-4-19-10-23(43)11-25(30(19)24)32-31(37)33-26(14-38-32)28(41-16-21-5-6-22(17-41)39-21)12-29(40-33)44-18-34-8-3-9-42(34)15-20(35)13-34/h1,4,7,10-12,14,20-22,39,43H,3,5-6,8-9,13,15-18H2/t20-,21-,22+,34+/m1/s1. The average Bonchev–Trinajstić information content (AvgIpc) is 3.66. The molecule has 4 saturated heterocycles. The van der Waals surface area contributed by atoms with Gasteiger partial charge in [0.1, 0.15) is 35.6 Å². The molecule has 0 aliphatic carbocycles. The van der Waals surface area contributed by atoms with Crippen molar-refractivity contribution in [1.82, 2.24) is 20.2 Å². The molecule has 4 aromatic rings. The molecule has 2 N–H and O–H groups in total. The molecule has 4 aliphatic heterocycles. The summed E-state index contributed by atoms with van der Waals surface area (Å²) in [6.45, 7) is 3.01. The van der Waals surface area contributed by atoms with Crippen molar-refractivity contribution in [1.29, 1.82) is 0 Å². The molecule has 4 aliphatic rings. The number of nitrogens with one attached hydrogen (secondary N) is 1. The van der Waals surface area contributed by atoms with E-state index in [4.69, 9.17) is 11.2 Å². The maximum absolute atomic E-state index is 16.8. The Morgan fingerprint density at radius 3 is 2.75 bits per heavy atom. The number of fused-ring (bicyclic) bond motifs is 5. The Hall–Kier alpha value is -4.07. The lowest BCUT2D eigenvalue weighted by Gasteiger charge is -2.35. The van der Waals surface area contributed by atoms with Crippen molar-refractivity contribution in [2.75, 3.05) is 37.7 Å². The van der Waals surface area contributed by atoms with E-state index in [2.05, 4.69) is 31.0 Å². The van der Waals surface area contributed by atoms with Crippen molar-refractivity contribution in [2.45, 2.75) is 55.9 Å². The fourth-order valence-electron chi connectivity index (χ4n) is 8.04. The van der Waals surface area contributed by atoms with Crippen LogP contribution in [0.1, 0.15) is 37.7 Å².